The standard InChI is InChI=1S/C20H27N5O/c1-16-14-17(2)23-20(22-16)21-9-8-19(26)25-12-10-24(11-13-25)15-18-6-4-3-5-7-18/h3-7,14H,8-13,15H2,1-2H3,(H,21,22,23). The van der Waals surface area contributed by atoms with E-state index in [-0.39, 0.29) is 5.91 Å². The van der Waals surface area contributed by atoms with Crippen LogP contribution in [-0.4, -0.2) is 58.4 Å². The Labute approximate surface area is 155 Å². The number of piperazine rings is 1. The van der Waals surface area contributed by atoms with E-state index < -0.39 is 0 Å². The quantitative estimate of drug-likeness (QED) is 0.863. The number of carbonyl (C=O) groups excluding carboxylic acids is 1. The molecular weight excluding hydrogens is 326 g/mol. The van der Waals surface area contributed by atoms with Crippen molar-refractivity contribution in [2.75, 3.05) is 38.0 Å². The number of carbonyl (C=O) groups is 1. The summed E-state index contributed by atoms with van der Waals surface area (Å²) < 4.78 is 0. The minimum Gasteiger partial charge on any atom is -0.354 e. The third kappa shape index (κ3) is 5.26. The van der Waals surface area contributed by atoms with Gasteiger partial charge < -0.3 is 10.2 Å². The fourth-order valence-corrected chi connectivity index (χ4v) is 3.24. The summed E-state index contributed by atoms with van der Waals surface area (Å²) in [6.07, 6.45) is 0.467. The molecule has 138 valence electrons. The van der Waals surface area contributed by atoms with E-state index in [0.29, 0.717) is 18.9 Å². The Morgan fingerprint density at radius 2 is 1.69 bits per heavy atom. The SMILES string of the molecule is Cc1cc(C)nc(NCCC(=O)N2CCN(Cc3ccccc3)CC2)n1. The van der Waals surface area contributed by atoms with E-state index in [1.54, 1.807) is 0 Å². The minimum atomic E-state index is 0.196. The molecule has 1 aromatic carbocycles. The van der Waals surface area contributed by atoms with Crippen molar-refractivity contribution in [1.29, 1.82) is 0 Å². The maximum Gasteiger partial charge on any atom is 0.224 e. The third-order valence-corrected chi connectivity index (χ3v) is 4.58. The lowest BCUT2D eigenvalue weighted by molar-refractivity contribution is -0.132. The van der Waals surface area contributed by atoms with Gasteiger partial charge in [0.05, 0.1) is 0 Å². The Balaban J connectivity index is 1.39. The van der Waals surface area contributed by atoms with Gasteiger partial charge >= 0.3 is 0 Å². The Hall–Kier alpha value is -2.47. The van der Waals surface area contributed by atoms with Crippen LogP contribution in [-0.2, 0) is 11.3 Å². The van der Waals surface area contributed by atoms with Crippen molar-refractivity contribution < 1.29 is 4.79 Å². The lowest BCUT2D eigenvalue weighted by Gasteiger charge is -2.34. The number of aryl methyl sites for hydroxylation is 2. The summed E-state index contributed by atoms with van der Waals surface area (Å²) in [6.45, 7) is 8.85. The zero-order chi connectivity index (χ0) is 18.4. The summed E-state index contributed by atoms with van der Waals surface area (Å²) in [4.78, 5) is 25.5. The molecule has 0 saturated carbocycles. The van der Waals surface area contributed by atoms with E-state index in [1.807, 2.05) is 30.9 Å². The van der Waals surface area contributed by atoms with Gasteiger partial charge in [0, 0.05) is 57.1 Å². The van der Waals surface area contributed by atoms with Crippen molar-refractivity contribution in [2.45, 2.75) is 26.8 Å². The summed E-state index contributed by atoms with van der Waals surface area (Å²) >= 11 is 0. The van der Waals surface area contributed by atoms with Crippen LogP contribution in [0.5, 0.6) is 0 Å². The summed E-state index contributed by atoms with van der Waals surface area (Å²) in [5, 5.41) is 3.16. The van der Waals surface area contributed by atoms with Gasteiger partial charge in [0.1, 0.15) is 0 Å². The molecule has 3 rings (SSSR count). The fraction of sp³-hybridized carbons (Fsp3) is 0.450. The van der Waals surface area contributed by atoms with Gasteiger partial charge in [-0.15, -0.1) is 0 Å². The molecule has 0 bridgehead atoms. The highest BCUT2D eigenvalue weighted by Crippen LogP contribution is 2.10. The molecule has 1 amide bonds. The molecule has 2 heterocycles. The van der Waals surface area contributed by atoms with Gasteiger partial charge in [-0.1, -0.05) is 30.3 Å². The average molecular weight is 353 g/mol. The van der Waals surface area contributed by atoms with E-state index in [2.05, 4.69) is 44.5 Å². The van der Waals surface area contributed by atoms with Crippen LogP contribution in [0.1, 0.15) is 23.4 Å². The molecule has 1 fully saturated rings. The van der Waals surface area contributed by atoms with E-state index in [0.717, 1.165) is 44.1 Å². The van der Waals surface area contributed by atoms with Crippen molar-refractivity contribution in [2.24, 2.45) is 0 Å². The second-order valence-corrected chi connectivity index (χ2v) is 6.79. The number of benzene rings is 1. The lowest BCUT2D eigenvalue weighted by Crippen LogP contribution is -2.48. The van der Waals surface area contributed by atoms with Crippen molar-refractivity contribution in [3.05, 3.63) is 53.3 Å². The van der Waals surface area contributed by atoms with Gasteiger partial charge in [-0.3, -0.25) is 9.69 Å². The molecule has 0 unspecified atom stereocenters. The molecule has 0 atom stereocenters. The summed E-state index contributed by atoms with van der Waals surface area (Å²) in [7, 11) is 0. The number of nitrogens with one attached hydrogen (secondary N) is 1. The second kappa shape index (κ2) is 8.76. The van der Waals surface area contributed by atoms with Crippen LogP contribution in [0.15, 0.2) is 36.4 Å². The van der Waals surface area contributed by atoms with Crippen molar-refractivity contribution >= 4 is 11.9 Å². The number of hydrogen-bond donors (Lipinski definition) is 1. The summed E-state index contributed by atoms with van der Waals surface area (Å²) in [5.74, 6) is 0.796. The largest absolute Gasteiger partial charge is 0.354 e. The molecule has 1 aliphatic rings. The first-order valence-corrected chi connectivity index (χ1v) is 9.20. The summed E-state index contributed by atoms with van der Waals surface area (Å²) in [5.41, 5.74) is 3.19. The molecule has 2 aromatic rings. The maximum absolute atomic E-state index is 12.4. The number of anilines is 1. The monoisotopic (exact) mass is 353 g/mol. The minimum absolute atomic E-state index is 0.196. The first-order valence-electron chi connectivity index (χ1n) is 9.20. The molecule has 26 heavy (non-hydrogen) atoms. The van der Waals surface area contributed by atoms with Gasteiger partial charge in [-0.2, -0.15) is 0 Å². The molecule has 0 radical (unpaired) electrons. The van der Waals surface area contributed by atoms with Crippen LogP contribution in [0.25, 0.3) is 0 Å². The van der Waals surface area contributed by atoms with Crippen LogP contribution in [0.4, 0.5) is 5.95 Å². The first kappa shape index (κ1) is 18.3. The van der Waals surface area contributed by atoms with Crippen LogP contribution in [0.2, 0.25) is 0 Å². The molecule has 1 aliphatic heterocycles. The normalized spacial score (nSPS) is 15.1. The predicted molar refractivity (Wildman–Crippen MR) is 103 cm³/mol. The van der Waals surface area contributed by atoms with Gasteiger partial charge in [-0.05, 0) is 25.5 Å². The number of amides is 1. The summed E-state index contributed by atoms with van der Waals surface area (Å²) in [6, 6.07) is 12.4. The van der Waals surface area contributed by atoms with Crippen molar-refractivity contribution in [3.63, 3.8) is 0 Å². The van der Waals surface area contributed by atoms with Crippen molar-refractivity contribution in [3.8, 4) is 0 Å². The highest BCUT2D eigenvalue weighted by atomic mass is 16.2. The van der Waals surface area contributed by atoms with E-state index in [4.69, 9.17) is 0 Å². The molecule has 1 saturated heterocycles. The van der Waals surface area contributed by atoms with Crippen LogP contribution in [0, 0.1) is 13.8 Å². The Morgan fingerprint density at radius 1 is 1.04 bits per heavy atom. The van der Waals surface area contributed by atoms with E-state index in [1.165, 1.54) is 5.56 Å². The highest BCUT2D eigenvalue weighted by Gasteiger charge is 2.20. The van der Waals surface area contributed by atoms with E-state index in [9.17, 15) is 4.79 Å². The number of aromatic nitrogens is 2. The topological polar surface area (TPSA) is 61.4 Å². The van der Waals surface area contributed by atoms with Crippen LogP contribution >= 0.6 is 0 Å². The Bertz CT molecular complexity index is 706. The van der Waals surface area contributed by atoms with Gasteiger partial charge in [-0.25, -0.2) is 9.97 Å². The zero-order valence-corrected chi connectivity index (χ0v) is 15.6. The lowest BCUT2D eigenvalue weighted by atomic mass is 10.2. The molecule has 6 nitrogen and oxygen atoms in total. The predicted octanol–water partition coefficient (Wildman–Crippen LogP) is 2.24. The second-order valence-electron chi connectivity index (χ2n) is 6.79. The smallest absolute Gasteiger partial charge is 0.224 e. The highest BCUT2D eigenvalue weighted by molar-refractivity contribution is 5.76. The van der Waals surface area contributed by atoms with Crippen LogP contribution in [0.3, 0.4) is 0 Å². The Kier molecular flexibility index (Phi) is 6.17. The van der Waals surface area contributed by atoms with Gasteiger partial charge in [0.15, 0.2) is 0 Å². The van der Waals surface area contributed by atoms with Gasteiger partial charge in [0.2, 0.25) is 11.9 Å². The molecule has 0 aliphatic carbocycles. The average Bonchev–Trinajstić information content (AvgIpc) is 2.62. The van der Waals surface area contributed by atoms with Crippen LogP contribution < -0.4 is 5.32 Å². The van der Waals surface area contributed by atoms with E-state index >= 15 is 0 Å². The molecular formula is C20H27N5O. The molecule has 1 aromatic heterocycles. The number of hydrogen-bond acceptors (Lipinski definition) is 5. The zero-order valence-electron chi connectivity index (χ0n) is 15.6. The molecule has 6 heteroatoms. The Morgan fingerprint density at radius 3 is 2.35 bits per heavy atom. The van der Waals surface area contributed by atoms with Crippen molar-refractivity contribution in [1.82, 2.24) is 19.8 Å². The number of rotatable bonds is 6. The first-order chi connectivity index (χ1) is 12.6. The molecule has 1 N–H and O–H groups in total. The third-order valence-electron chi connectivity index (χ3n) is 4.58. The maximum atomic E-state index is 12.4. The fourth-order valence-electron chi connectivity index (χ4n) is 3.24. The molecule has 0 spiro atoms. The van der Waals surface area contributed by atoms with Gasteiger partial charge in [0.25, 0.3) is 0 Å². The number of nitrogens with zero attached hydrogens (tertiary/aromatic N) is 4.